The highest BCUT2D eigenvalue weighted by Gasteiger charge is 2.30. The van der Waals surface area contributed by atoms with Crippen molar-refractivity contribution in [3.63, 3.8) is 0 Å². The number of likely N-dealkylation sites (N-methyl/N-ethyl adjacent to an activating group) is 1. The van der Waals surface area contributed by atoms with Crippen LogP contribution in [-0.2, 0) is 12.8 Å². The monoisotopic (exact) mass is 444 g/mol. The van der Waals surface area contributed by atoms with Gasteiger partial charge in [-0.25, -0.2) is 9.48 Å². The third-order valence-corrected chi connectivity index (χ3v) is 5.81. The van der Waals surface area contributed by atoms with E-state index in [1.807, 2.05) is 28.9 Å². The van der Waals surface area contributed by atoms with Gasteiger partial charge < -0.3 is 20.2 Å². The maximum atomic E-state index is 11.5. The lowest BCUT2D eigenvalue weighted by Crippen LogP contribution is -2.32. The predicted molar refractivity (Wildman–Crippen MR) is 118 cm³/mol. The van der Waals surface area contributed by atoms with Crippen molar-refractivity contribution in [1.82, 2.24) is 19.7 Å². The zero-order valence-corrected chi connectivity index (χ0v) is 18.1. The normalized spacial score (nSPS) is 12.9. The van der Waals surface area contributed by atoms with Gasteiger partial charge in [-0.15, -0.1) is 11.6 Å². The Morgan fingerprint density at radius 2 is 2.03 bits per heavy atom. The van der Waals surface area contributed by atoms with Crippen LogP contribution in [0.25, 0.3) is 16.8 Å². The fourth-order valence-electron chi connectivity index (χ4n) is 3.92. The molecule has 0 fully saturated rings. The lowest BCUT2D eigenvalue weighted by atomic mass is 9.87. The molecule has 0 saturated heterocycles. The second-order valence-corrected chi connectivity index (χ2v) is 7.66. The largest absolute Gasteiger partial charge is 0.497 e. The molecule has 31 heavy (non-hydrogen) atoms. The molecule has 0 bridgehead atoms. The number of carbonyl (C=O) groups is 1. The third-order valence-electron chi connectivity index (χ3n) is 5.46. The number of amides is 1. The van der Waals surface area contributed by atoms with Gasteiger partial charge in [0.1, 0.15) is 5.75 Å². The van der Waals surface area contributed by atoms with Gasteiger partial charge in [0.15, 0.2) is 0 Å². The van der Waals surface area contributed by atoms with Gasteiger partial charge in [-0.2, -0.15) is 5.10 Å². The molecular formula is C22H25ClN4O4. The zero-order valence-electron chi connectivity index (χ0n) is 17.4. The van der Waals surface area contributed by atoms with Gasteiger partial charge in [-0.05, 0) is 55.2 Å². The zero-order chi connectivity index (χ0) is 21.3. The highest BCUT2D eigenvalue weighted by atomic mass is 35.5. The molecular weight excluding hydrogens is 420 g/mol. The summed E-state index contributed by atoms with van der Waals surface area (Å²) in [5.41, 5.74) is 5.84. The average molecular weight is 445 g/mol. The van der Waals surface area contributed by atoms with E-state index in [2.05, 4.69) is 11.1 Å². The van der Waals surface area contributed by atoms with E-state index in [4.69, 9.17) is 21.4 Å². The van der Waals surface area contributed by atoms with Crippen molar-refractivity contribution in [2.45, 2.75) is 25.1 Å². The molecule has 3 N–H and O–H groups in total. The molecule has 1 aromatic carbocycles. The number of aryl methyl sites for hydroxylation is 1. The Bertz CT molecular complexity index is 1070. The second kappa shape index (κ2) is 9.36. The fraction of sp³-hybridized carbons (Fsp3) is 0.318. The van der Waals surface area contributed by atoms with Gasteiger partial charge in [0, 0.05) is 31.0 Å². The van der Waals surface area contributed by atoms with Crippen molar-refractivity contribution >= 4 is 17.7 Å². The molecule has 3 aromatic rings. The maximum absolute atomic E-state index is 11.5. The molecule has 1 unspecified atom stereocenters. The van der Waals surface area contributed by atoms with E-state index >= 15 is 0 Å². The number of methoxy groups -OCH3 is 1. The number of halogens is 1. The molecule has 4 rings (SSSR count). The average Bonchev–Trinajstić information content (AvgIpc) is 3.17. The Morgan fingerprint density at radius 3 is 2.68 bits per heavy atom. The van der Waals surface area contributed by atoms with E-state index in [9.17, 15) is 9.90 Å². The molecule has 1 aliphatic carbocycles. The summed E-state index contributed by atoms with van der Waals surface area (Å²) in [6.45, 7) is 2.31. The van der Waals surface area contributed by atoms with Crippen LogP contribution in [0.3, 0.4) is 0 Å². The van der Waals surface area contributed by atoms with Crippen LogP contribution in [0.1, 0.15) is 29.3 Å². The van der Waals surface area contributed by atoms with Gasteiger partial charge in [0.25, 0.3) is 0 Å². The molecule has 8 nitrogen and oxygen atoms in total. The Morgan fingerprint density at radius 1 is 1.29 bits per heavy atom. The SMILES string of the molecule is CCN(CC(Cl)c1nn(-c2ccncc2)c2c1-c1cc(OC)ccc1CC2)C(=O)O.O. The van der Waals surface area contributed by atoms with Crippen molar-refractivity contribution in [2.75, 3.05) is 20.2 Å². The molecule has 0 saturated carbocycles. The Labute approximate surface area is 185 Å². The molecule has 0 aliphatic heterocycles. The first kappa shape index (κ1) is 22.6. The van der Waals surface area contributed by atoms with Gasteiger partial charge in [-0.3, -0.25) is 4.98 Å². The van der Waals surface area contributed by atoms with Crippen molar-refractivity contribution in [1.29, 1.82) is 0 Å². The van der Waals surface area contributed by atoms with E-state index in [0.717, 1.165) is 41.1 Å². The van der Waals surface area contributed by atoms with E-state index in [1.165, 1.54) is 10.5 Å². The molecule has 1 atom stereocenters. The number of alkyl halides is 1. The van der Waals surface area contributed by atoms with Crippen LogP contribution in [0, 0.1) is 0 Å². The summed E-state index contributed by atoms with van der Waals surface area (Å²) in [4.78, 5) is 16.9. The minimum absolute atomic E-state index is 0. The van der Waals surface area contributed by atoms with E-state index < -0.39 is 11.5 Å². The van der Waals surface area contributed by atoms with Crippen LogP contribution in [0.4, 0.5) is 4.79 Å². The lowest BCUT2D eigenvalue weighted by Gasteiger charge is -2.22. The summed E-state index contributed by atoms with van der Waals surface area (Å²) < 4.78 is 7.35. The van der Waals surface area contributed by atoms with E-state index in [1.54, 1.807) is 26.4 Å². The molecule has 1 aliphatic rings. The van der Waals surface area contributed by atoms with Gasteiger partial charge >= 0.3 is 6.09 Å². The quantitative estimate of drug-likeness (QED) is 0.585. The number of hydrogen-bond donors (Lipinski definition) is 1. The fourth-order valence-corrected chi connectivity index (χ4v) is 4.24. The van der Waals surface area contributed by atoms with Crippen molar-refractivity contribution in [2.24, 2.45) is 0 Å². The van der Waals surface area contributed by atoms with Crippen LogP contribution in [0.2, 0.25) is 0 Å². The Hall–Kier alpha value is -3.10. The van der Waals surface area contributed by atoms with Crippen LogP contribution in [0.15, 0.2) is 42.7 Å². The number of nitrogens with zero attached hydrogens (tertiary/aromatic N) is 4. The number of hydrogen-bond acceptors (Lipinski definition) is 4. The van der Waals surface area contributed by atoms with E-state index in [-0.39, 0.29) is 12.0 Å². The van der Waals surface area contributed by atoms with Crippen molar-refractivity contribution < 1.29 is 20.1 Å². The molecule has 1 amide bonds. The standard InChI is InChI=1S/C22H23ClN4O3.H2O/c1-3-26(22(28)29)13-18(23)21-20-17-12-16(30-2)6-4-14(17)5-7-19(20)27(25-21)15-8-10-24-11-9-15;/h4,6,8-12,18H,3,5,7,13H2,1-2H3,(H,28,29);1H2. The van der Waals surface area contributed by atoms with E-state index in [0.29, 0.717) is 12.2 Å². The summed E-state index contributed by atoms with van der Waals surface area (Å²) >= 11 is 6.78. The number of benzene rings is 1. The summed E-state index contributed by atoms with van der Waals surface area (Å²) in [6, 6.07) is 9.84. The first-order chi connectivity index (χ1) is 14.5. The molecule has 2 heterocycles. The number of fused-ring (bicyclic) bond motifs is 3. The molecule has 0 spiro atoms. The van der Waals surface area contributed by atoms with Gasteiger partial charge in [0.2, 0.25) is 0 Å². The van der Waals surface area contributed by atoms with Crippen molar-refractivity contribution in [3.8, 4) is 22.6 Å². The minimum atomic E-state index is -0.993. The minimum Gasteiger partial charge on any atom is -0.497 e. The van der Waals surface area contributed by atoms with Crippen molar-refractivity contribution in [3.05, 3.63) is 59.7 Å². The maximum Gasteiger partial charge on any atom is 0.407 e. The molecule has 2 aromatic heterocycles. The number of carboxylic acid groups (broad SMARTS) is 1. The van der Waals surface area contributed by atoms with Crippen LogP contribution in [0.5, 0.6) is 5.75 Å². The Balaban J connectivity index is 0.00000272. The first-order valence-corrected chi connectivity index (χ1v) is 10.3. The van der Waals surface area contributed by atoms with Crippen LogP contribution in [-0.4, -0.2) is 56.5 Å². The van der Waals surface area contributed by atoms with Gasteiger partial charge in [-0.1, -0.05) is 6.07 Å². The summed E-state index contributed by atoms with van der Waals surface area (Å²) in [7, 11) is 1.64. The summed E-state index contributed by atoms with van der Waals surface area (Å²) in [5.74, 6) is 0.760. The van der Waals surface area contributed by atoms with Gasteiger partial charge in [0.05, 0.1) is 29.6 Å². The summed E-state index contributed by atoms with van der Waals surface area (Å²) in [5, 5.41) is 13.7. The second-order valence-electron chi connectivity index (χ2n) is 7.14. The van der Waals surface area contributed by atoms with Crippen LogP contribution >= 0.6 is 11.6 Å². The number of ether oxygens (including phenoxy) is 1. The molecule has 0 radical (unpaired) electrons. The molecule has 9 heteroatoms. The van der Waals surface area contributed by atoms with Crippen LogP contribution < -0.4 is 4.74 Å². The number of pyridine rings is 1. The smallest absolute Gasteiger partial charge is 0.407 e. The predicted octanol–water partition coefficient (Wildman–Crippen LogP) is 3.50. The highest BCUT2D eigenvalue weighted by Crippen LogP contribution is 2.42. The topological polar surface area (TPSA) is 112 Å². The molecule has 164 valence electrons. The lowest BCUT2D eigenvalue weighted by molar-refractivity contribution is 0.147. The Kier molecular flexibility index (Phi) is 6.82. The summed E-state index contributed by atoms with van der Waals surface area (Å²) in [6.07, 6.45) is 4.15. The number of rotatable bonds is 6. The number of aromatic nitrogens is 3. The third kappa shape index (κ3) is 4.22. The first-order valence-electron chi connectivity index (χ1n) is 9.84. The highest BCUT2D eigenvalue weighted by molar-refractivity contribution is 6.21.